The van der Waals surface area contributed by atoms with E-state index in [0.717, 1.165) is 22.3 Å². The van der Waals surface area contributed by atoms with E-state index in [-0.39, 0.29) is 18.6 Å². The number of H-pyrrole nitrogens is 1. The van der Waals surface area contributed by atoms with Crippen LogP contribution in [0.4, 0.5) is 0 Å². The van der Waals surface area contributed by atoms with Gasteiger partial charge in [-0.05, 0) is 50.3 Å². The van der Waals surface area contributed by atoms with E-state index in [1.54, 1.807) is 11.8 Å². The number of carbonyl (C=O) groups is 1. The van der Waals surface area contributed by atoms with Crippen LogP contribution in [0.3, 0.4) is 0 Å². The van der Waals surface area contributed by atoms with Gasteiger partial charge in [-0.3, -0.25) is 4.79 Å². The van der Waals surface area contributed by atoms with Gasteiger partial charge in [-0.1, -0.05) is 0 Å². The molecule has 2 rings (SSSR count). The third-order valence-corrected chi connectivity index (χ3v) is 4.49. The summed E-state index contributed by atoms with van der Waals surface area (Å²) in [5.41, 5.74) is 4.02. The van der Waals surface area contributed by atoms with Crippen molar-refractivity contribution in [2.24, 2.45) is 0 Å². The van der Waals surface area contributed by atoms with Crippen molar-refractivity contribution in [2.45, 2.75) is 26.3 Å². The number of aliphatic hydroxyl groups is 1. The lowest BCUT2D eigenvalue weighted by Crippen LogP contribution is -2.37. The van der Waals surface area contributed by atoms with Gasteiger partial charge in [0.05, 0.1) is 0 Å². The van der Waals surface area contributed by atoms with Crippen LogP contribution in [-0.4, -0.2) is 40.7 Å². The van der Waals surface area contributed by atoms with E-state index in [4.69, 9.17) is 5.11 Å². The van der Waals surface area contributed by atoms with Gasteiger partial charge in [0.2, 0.25) is 0 Å². The fourth-order valence-electron chi connectivity index (χ4n) is 2.43. The number of nitrogens with one attached hydrogen (secondary N) is 2. The maximum atomic E-state index is 12.4. The number of thioether (sulfide) groups is 1. The van der Waals surface area contributed by atoms with Gasteiger partial charge in [0.25, 0.3) is 5.91 Å². The van der Waals surface area contributed by atoms with Crippen molar-refractivity contribution >= 4 is 28.6 Å². The third-order valence-electron chi connectivity index (χ3n) is 3.75. The number of hydrogen-bond acceptors (Lipinski definition) is 3. The molecule has 0 aliphatic carbocycles. The van der Waals surface area contributed by atoms with E-state index in [9.17, 15) is 4.79 Å². The SMILES string of the molecule is CSCC(CCO)NC(=O)c1ccc2[nH]c(C)c(C)c2c1. The molecule has 5 heteroatoms. The molecule has 1 aromatic heterocycles. The quantitative estimate of drug-likeness (QED) is 0.768. The van der Waals surface area contributed by atoms with Gasteiger partial charge in [0, 0.05) is 40.6 Å². The molecule has 3 N–H and O–H groups in total. The van der Waals surface area contributed by atoms with E-state index >= 15 is 0 Å². The fourth-order valence-corrected chi connectivity index (χ4v) is 3.08. The summed E-state index contributed by atoms with van der Waals surface area (Å²) in [4.78, 5) is 15.7. The van der Waals surface area contributed by atoms with Crippen molar-refractivity contribution in [3.05, 3.63) is 35.0 Å². The summed E-state index contributed by atoms with van der Waals surface area (Å²) in [7, 11) is 0. The Morgan fingerprint density at radius 3 is 2.86 bits per heavy atom. The van der Waals surface area contributed by atoms with Gasteiger partial charge in [-0.25, -0.2) is 0 Å². The molecule has 1 aromatic carbocycles. The van der Waals surface area contributed by atoms with E-state index in [0.29, 0.717) is 12.0 Å². The molecule has 1 unspecified atom stereocenters. The first kappa shape index (κ1) is 15.9. The number of aliphatic hydroxyl groups excluding tert-OH is 1. The van der Waals surface area contributed by atoms with Crippen molar-refractivity contribution in [2.75, 3.05) is 18.6 Å². The highest BCUT2D eigenvalue weighted by molar-refractivity contribution is 7.98. The monoisotopic (exact) mass is 306 g/mol. The van der Waals surface area contributed by atoms with Gasteiger partial charge >= 0.3 is 0 Å². The summed E-state index contributed by atoms with van der Waals surface area (Å²) in [5, 5.41) is 13.1. The first-order valence-electron chi connectivity index (χ1n) is 7.06. The second kappa shape index (κ2) is 7.00. The van der Waals surface area contributed by atoms with Crippen molar-refractivity contribution in [1.82, 2.24) is 10.3 Å². The first-order chi connectivity index (χ1) is 10.1. The van der Waals surface area contributed by atoms with Gasteiger partial charge in [-0.15, -0.1) is 0 Å². The molecule has 0 radical (unpaired) electrons. The van der Waals surface area contributed by atoms with Crippen LogP contribution in [0.25, 0.3) is 10.9 Å². The smallest absolute Gasteiger partial charge is 0.251 e. The average Bonchev–Trinajstić information content (AvgIpc) is 2.74. The minimum Gasteiger partial charge on any atom is -0.396 e. The van der Waals surface area contributed by atoms with Gasteiger partial charge < -0.3 is 15.4 Å². The second-order valence-corrected chi connectivity index (χ2v) is 6.18. The number of rotatable bonds is 6. The van der Waals surface area contributed by atoms with Crippen LogP contribution in [0.15, 0.2) is 18.2 Å². The van der Waals surface area contributed by atoms with Gasteiger partial charge in [-0.2, -0.15) is 11.8 Å². The molecular weight excluding hydrogens is 284 g/mol. The molecular formula is C16H22N2O2S. The zero-order valence-corrected chi connectivity index (χ0v) is 13.5. The largest absolute Gasteiger partial charge is 0.396 e. The van der Waals surface area contributed by atoms with Crippen LogP contribution in [0, 0.1) is 13.8 Å². The summed E-state index contributed by atoms with van der Waals surface area (Å²) in [6, 6.07) is 5.71. The number of aromatic amines is 1. The second-order valence-electron chi connectivity index (χ2n) is 5.27. The van der Waals surface area contributed by atoms with Crippen molar-refractivity contribution in [1.29, 1.82) is 0 Å². The number of fused-ring (bicyclic) bond motifs is 1. The number of aromatic nitrogens is 1. The summed E-state index contributed by atoms with van der Waals surface area (Å²) in [5.74, 6) is 0.722. The van der Waals surface area contributed by atoms with Crippen LogP contribution in [0.5, 0.6) is 0 Å². The van der Waals surface area contributed by atoms with Crippen LogP contribution in [-0.2, 0) is 0 Å². The van der Waals surface area contributed by atoms with E-state index < -0.39 is 0 Å². The molecule has 0 saturated heterocycles. The Morgan fingerprint density at radius 1 is 1.43 bits per heavy atom. The Kier molecular flexibility index (Phi) is 5.31. The average molecular weight is 306 g/mol. The molecule has 0 aliphatic heterocycles. The maximum Gasteiger partial charge on any atom is 0.251 e. The minimum atomic E-state index is -0.0809. The molecule has 1 amide bonds. The summed E-state index contributed by atoms with van der Waals surface area (Å²) >= 11 is 1.66. The molecule has 0 aliphatic rings. The van der Waals surface area contributed by atoms with E-state index in [1.807, 2.05) is 31.4 Å². The maximum absolute atomic E-state index is 12.4. The number of carbonyl (C=O) groups excluding carboxylic acids is 1. The lowest BCUT2D eigenvalue weighted by molar-refractivity contribution is 0.0935. The molecule has 0 saturated carbocycles. The normalized spacial score (nSPS) is 12.6. The molecule has 1 heterocycles. The lowest BCUT2D eigenvalue weighted by Gasteiger charge is -2.16. The number of benzene rings is 1. The van der Waals surface area contributed by atoms with Crippen LogP contribution in [0.2, 0.25) is 0 Å². The Balaban J connectivity index is 2.20. The Morgan fingerprint density at radius 2 is 2.19 bits per heavy atom. The molecule has 4 nitrogen and oxygen atoms in total. The highest BCUT2D eigenvalue weighted by Gasteiger charge is 2.14. The molecule has 114 valence electrons. The standard InChI is InChI=1S/C16H22N2O2S/c1-10-11(2)17-15-5-4-12(8-14(10)15)16(20)18-13(6-7-19)9-21-3/h4-5,8,13,17,19H,6-7,9H2,1-3H3,(H,18,20). The topological polar surface area (TPSA) is 65.1 Å². The number of amides is 1. The highest BCUT2D eigenvalue weighted by atomic mass is 32.2. The molecule has 0 spiro atoms. The first-order valence-corrected chi connectivity index (χ1v) is 8.45. The van der Waals surface area contributed by atoms with Crippen LogP contribution in [0.1, 0.15) is 28.0 Å². The highest BCUT2D eigenvalue weighted by Crippen LogP contribution is 2.22. The summed E-state index contributed by atoms with van der Waals surface area (Å²) in [6.45, 7) is 4.17. The molecule has 1 atom stereocenters. The molecule has 2 aromatic rings. The van der Waals surface area contributed by atoms with Crippen molar-refractivity contribution < 1.29 is 9.90 Å². The van der Waals surface area contributed by atoms with Gasteiger partial charge in [0.1, 0.15) is 0 Å². The minimum absolute atomic E-state index is 0.00209. The van der Waals surface area contributed by atoms with Crippen LogP contribution < -0.4 is 5.32 Å². The summed E-state index contributed by atoms with van der Waals surface area (Å²) < 4.78 is 0. The molecule has 0 bridgehead atoms. The zero-order valence-electron chi connectivity index (χ0n) is 12.7. The Hall–Kier alpha value is -1.46. The van der Waals surface area contributed by atoms with E-state index in [1.165, 1.54) is 5.56 Å². The molecule has 0 fully saturated rings. The molecule has 21 heavy (non-hydrogen) atoms. The summed E-state index contributed by atoms with van der Waals surface area (Å²) in [6.07, 6.45) is 2.58. The predicted octanol–water partition coefficient (Wildman–Crippen LogP) is 2.63. The zero-order chi connectivity index (χ0) is 15.4. The fraction of sp³-hybridized carbons (Fsp3) is 0.438. The lowest BCUT2D eigenvalue weighted by atomic mass is 10.1. The van der Waals surface area contributed by atoms with Gasteiger partial charge in [0.15, 0.2) is 0 Å². The van der Waals surface area contributed by atoms with Crippen molar-refractivity contribution in [3.8, 4) is 0 Å². The number of aryl methyl sites for hydroxylation is 2. The van der Waals surface area contributed by atoms with Crippen LogP contribution >= 0.6 is 11.8 Å². The van der Waals surface area contributed by atoms with Crippen molar-refractivity contribution in [3.63, 3.8) is 0 Å². The number of hydrogen-bond donors (Lipinski definition) is 3. The Bertz CT molecular complexity index is 630. The third kappa shape index (κ3) is 3.60. The van der Waals surface area contributed by atoms with E-state index in [2.05, 4.69) is 17.2 Å². The Labute approximate surface area is 129 Å². The predicted molar refractivity (Wildman–Crippen MR) is 89.1 cm³/mol.